The zero-order chi connectivity index (χ0) is 6.15. The molecule has 0 fully saturated rings. The molecule has 2 nitrogen and oxygen atoms in total. The second kappa shape index (κ2) is 1.90. The Morgan fingerprint density at radius 1 is 1.75 bits per heavy atom. The van der Waals surface area contributed by atoms with Crippen LogP contribution in [0.25, 0.3) is 0 Å². The topological polar surface area (TPSA) is 26.3 Å². The third kappa shape index (κ3) is 0.777. The maximum absolute atomic E-state index is 10.5. The van der Waals surface area contributed by atoms with Gasteiger partial charge in [0.2, 0.25) is 0 Å². The molecule has 3 heteroatoms. The molecule has 0 amide bonds. The van der Waals surface area contributed by atoms with Gasteiger partial charge in [-0.2, -0.15) is 0 Å². The Morgan fingerprint density at radius 2 is 2.38 bits per heavy atom. The summed E-state index contributed by atoms with van der Waals surface area (Å²) in [6.07, 6.45) is 0. The number of halogens is 1. The van der Waals surface area contributed by atoms with Gasteiger partial charge in [-0.3, -0.25) is 0 Å². The fourth-order valence-electron chi connectivity index (χ4n) is 0.475. The first-order chi connectivity index (χ1) is 3.72. The van der Waals surface area contributed by atoms with Gasteiger partial charge in [-0.1, -0.05) is 0 Å². The van der Waals surface area contributed by atoms with Gasteiger partial charge >= 0.3 is 5.97 Å². The number of rotatable bonds is 0. The molecule has 0 bridgehead atoms. The van der Waals surface area contributed by atoms with Crippen molar-refractivity contribution in [2.24, 2.45) is 0 Å². The van der Waals surface area contributed by atoms with Crippen molar-refractivity contribution in [3.8, 4) is 0 Å². The summed E-state index contributed by atoms with van der Waals surface area (Å²) >= 11 is 3.07. The van der Waals surface area contributed by atoms with Gasteiger partial charge in [0.25, 0.3) is 0 Å². The molecule has 8 heavy (non-hydrogen) atoms. The van der Waals surface area contributed by atoms with E-state index in [1.807, 2.05) is 6.92 Å². The minimum atomic E-state index is -0.248. The highest BCUT2D eigenvalue weighted by Gasteiger charge is 2.18. The minimum Gasteiger partial charge on any atom is -0.457 e. The molecule has 0 radical (unpaired) electrons. The molecule has 0 aliphatic carbocycles. The van der Waals surface area contributed by atoms with Crippen molar-refractivity contribution in [1.29, 1.82) is 0 Å². The molecular formula is C5H5BrO2. The highest BCUT2D eigenvalue weighted by molar-refractivity contribution is 9.12. The second-order valence-corrected chi connectivity index (χ2v) is 2.46. The van der Waals surface area contributed by atoms with E-state index < -0.39 is 0 Å². The Balaban J connectivity index is 2.86. The summed E-state index contributed by atoms with van der Waals surface area (Å²) in [5.41, 5.74) is 0.968. The third-order valence-corrected chi connectivity index (χ3v) is 1.97. The summed E-state index contributed by atoms with van der Waals surface area (Å²) in [6.45, 7) is 2.30. The summed E-state index contributed by atoms with van der Waals surface area (Å²) in [4.78, 5) is 10.5. The molecule has 0 spiro atoms. The molecule has 0 N–H and O–H groups in total. The van der Waals surface area contributed by atoms with Gasteiger partial charge in [-0.25, -0.2) is 4.79 Å². The Labute approximate surface area is 55.6 Å². The lowest BCUT2D eigenvalue weighted by atomic mass is 10.3. The fourth-order valence-corrected chi connectivity index (χ4v) is 0.704. The van der Waals surface area contributed by atoms with Crippen LogP contribution >= 0.6 is 15.9 Å². The largest absolute Gasteiger partial charge is 0.457 e. The lowest BCUT2D eigenvalue weighted by Gasteiger charge is -1.85. The Hall–Kier alpha value is -0.310. The molecule has 0 saturated carbocycles. The number of esters is 1. The third-order valence-electron chi connectivity index (χ3n) is 0.974. The summed E-state index contributed by atoms with van der Waals surface area (Å²) < 4.78 is 5.20. The van der Waals surface area contributed by atoms with Crippen LogP contribution in [0.3, 0.4) is 0 Å². The van der Waals surface area contributed by atoms with Crippen molar-refractivity contribution in [2.75, 3.05) is 6.61 Å². The van der Waals surface area contributed by atoms with Crippen LogP contribution in [0.15, 0.2) is 10.1 Å². The van der Waals surface area contributed by atoms with Crippen LogP contribution in [-0.2, 0) is 9.53 Å². The average molecular weight is 177 g/mol. The summed E-state index contributed by atoms with van der Waals surface area (Å²) in [7, 11) is 0. The molecule has 1 aliphatic rings. The first-order valence-corrected chi connectivity index (χ1v) is 3.03. The molecule has 0 atom stereocenters. The van der Waals surface area contributed by atoms with E-state index in [4.69, 9.17) is 0 Å². The first kappa shape index (κ1) is 5.82. The van der Waals surface area contributed by atoms with Crippen LogP contribution in [-0.4, -0.2) is 12.6 Å². The van der Waals surface area contributed by atoms with Crippen LogP contribution in [0.4, 0.5) is 0 Å². The smallest absolute Gasteiger partial charge is 0.345 e. The molecule has 0 saturated heterocycles. The fraction of sp³-hybridized carbons (Fsp3) is 0.400. The Bertz CT molecular complexity index is 160. The van der Waals surface area contributed by atoms with E-state index in [-0.39, 0.29) is 5.97 Å². The highest BCUT2D eigenvalue weighted by Crippen LogP contribution is 2.19. The van der Waals surface area contributed by atoms with Gasteiger partial charge in [0.1, 0.15) is 11.1 Å². The van der Waals surface area contributed by atoms with Crippen molar-refractivity contribution < 1.29 is 9.53 Å². The van der Waals surface area contributed by atoms with Crippen molar-refractivity contribution in [1.82, 2.24) is 0 Å². The molecule has 1 aliphatic heterocycles. The lowest BCUT2D eigenvalue weighted by Crippen LogP contribution is -1.93. The number of hydrogen-bond donors (Lipinski definition) is 0. The maximum Gasteiger partial charge on any atom is 0.345 e. The molecule has 1 heterocycles. The normalized spacial score (nSPS) is 19.5. The van der Waals surface area contributed by atoms with Gasteiger partial charge in [0, 0.05) is 0 Å². The Kier molecular flexibility index (Phi) is 1.38. The van der Waals surface area contributed by atoms with Crippen LogP contribution < -0.4 is 0 Å². The van der Waals surface area contributed by atoms with E-state index in [0.29, 0.717) is 11.1 Å². The summed E-state index contributed by atoms with van der Waals surface area (Å²) in [5, 5.41) is 0. The molecule has 0 aromatic carbocycles. The van der Waals surface area contributed by atoms with E-state index in [0.717, 1.165) is 5.57 Å². The number of carbonyl (C=O) groups is 1. The Morgan fingerprint density at radius 3 is 2.50 bits per heavy atom. The van der Waals surface area contributed by atoms with E-state index in [9.17, 15) is 4.79 Å². The van der Waals surface area contributed by atoms with Crippen LogP contribution in [0.2, 0.25) is 0 Å². The zero-order valence-corrected chi connectivity index (χ0v) is 5.99. The second-order valence-electron chi connectivity index (χ2n) is 1.67. The highest BCUT2D eigenvalue weighted by atomic mass is 79.9. The van der Waals surface area contributed by atoms with Crippen LogP contribution in [0, 0.1) is 0 Å². The van der Waals surface area contributed by atoms with Gasteiger partial charge < -0.3 is 4.74 Å². The summed E-state index contributed by atoms with van der Waals surface area (Å²) in [5.74, 6) is -0.248. The van der Waals surface area contributed by atoms with Crippen molar-refractivity contribution >= 4 is 21.9 Å². The number of cyclic esters (lactones) is 1. The van der Waals surface area contributed by atoms with E-state index >= 15 is 0 Å². The zero-order valence-electron chi connectivity index (χ0n) is 4.40. The number of ether oxygens (including phenoxy) is 1. The molecule has 0 aromatic heterocycles. The van der Waals surface area contributed by atoms with E-state index in [2.05, 4.69) is 20.7 Å². The first-order valence-electron chi connectivity index (χ1n) is 2.24. The van der Waals surface area contributed by atoms with Gasteiger partial charge in [-0.05, 0) is 28.4 Å². The van der Waals surface area contributed by atoms with E-state index in [1.165, 1.54) is 0 Å². The number of carbonyl (C=O) groups excluding carboxylic acids is 1. The van der Waals surface area contributed by atoms with Crippen molar-refractivity contribution in [2.45, 2.75) is 6.92 Å². The van der Waals surface area contributed by atoms with Crippen molar-refractivity contribution in [3.63, 3.8) is 0 Å². The van der Waals surface area contributed by atoms with E-state index in [1.54, 1.807) is 0 Å². The molecule has 0 unspecified atom stereocenters. The van der Waals surface area contributed by atoms with Crippen LogP contribution in [0.5, 0.6) is 0 Å². The van der Waals surface area contributed by atoms with Crippen molar-refractivity contribution in [3.05, 3.63) is 10.1 Å². The monoisotopic (exact) mass is 176 g/mol. The SMILES string of the molecule is CC1=C(Br)C(=O)OC1. The van der Waals surface area contributed by atoms with Gasteiger partial charge in [0.15, 0.2) is 0 Å². The van der Waals surface area contributed by atoms with Gasteiger partial charge in [0.05, 0.1) is 0 Å². The predicted octanol–water partition coefficient (Wildman–Crippen LogP) is 1.21. The summed E-state index contributed by atoms with van der Waals surface area (Å²) in [6, 6.07) is 0. The quantitative estimate of drug-likeness (QED) is 0.520. The molecular weight excluding hydrogens is 172 g/mol. The molecule has 0 aromatic rings. The standard InChI is InChI=1S/C5H5BrO2/c1-3-2-8-5(7)4(3)6/h2H2,1H3. The lowest BCUT2D eigenvalue weighted by molar-refractivity contribution is -0.135. The van der Waals surface area contributed by atoms with Gasteiger partial charge in [-0.15, -0.1) is 0 Å². The number of hydrogen-bond acceptors (Lipinski definition) is 2. The maximum atomic E-state index is 10.5. The molecule has 44 valence electrons. The predicted molar refractivity (Wildman–Crippen MR) is 32.6 cm³/mol. The molecule has 1 rings (SSSR count). The minimum absolute atomic E-state index is 0.248. The van der Waals surface area contributed by atoms with Crippen LogP contribution in [0.1, 0.15) is 6.92 Å². The average Bonchev–Trinajstić information content (AvgIpc) is 1.98.